The summed E-state index contributed by atoms with van der Waals surface area (Å²) in [5.41, 5.74) is 6.86. The van der Waals surface area contributed by atoms with Gasteiger partial charge in [-0.1, -0.05) is 18.2 Å². The first-order valence-corrected chi connectivity index (χ1v) is 5.32. The Labute approximate surface area is 95.0 Å². The molecule has 4 heteroatoms. The van der Waals surface area contributed by atoms with Gasteiger partial charge in [0.1, 0.15) is 5.60 Å². The highest BCUT2D eigenvalue weighted by atomic mass is 16.6. The molecule has 2 N–H and O–H groups in total. The van der Waals surface area contributed by atoms with E-state index in [1.165, 1.54) is 0 Å². The molecule has 16 heavy (non-hydrogen) atoms. The second-order valence-electron chi connectivity index (χ2n) is 4.36. The van der Waals surface area contributed by atoms with Crippen molar-refractivity contribution < 1.29 is 9.53 Å². The van der Waals surface area contributed by atoms with Crippen molar-refractivity contribution in [3.8, 4) is 0 Å². The van der Waals surface area contributed by atoms with Gasteiger partial charge in [0, 0.05) is 31.3 Å². The minimum absolute atomic E-state index is 0.294. The molecule has 0 radical (unpaired) electrons. The van der Waals surface area contributed by atoms with Crippen LogP contribution in [0.25, 0.3) is 0 Å². The molecule has 1 saturated heterocycles. The predicted octanol–water partition coefficient (Wildman–Crippen LogP) is 1.96. The van der Waals surface area contributed by atoms with Crippen LogP contribution in [0, 0.1) is 0 Å². The van der Waals surface area contributed by atoms with E-state index in [4.69, 9.17) is 10.5 Å². The lowest BCUT2D eigenvalue weighted by Crippen LogP contribution is -2.44. The number of ether oxygens (including phenoxy) is 1. The maximum atomic E-state index is 11.6. The monoisotopic (exact) mass is 220 g/mol. The summed E-state index contributed by atoms with van der Waals surface area (Å²) in [4.78, 5) is 13.1. The van der Waals surface area contributed by atoms with Gasteiger partial charge in [0.05, 0.1) is 0 Å². The third-order valence-electron chi connectivity index (χ3n) is 3.08. The standard InChI is InChI=1S/C12H16N2O2/c1-12(7-8-14(2)11(15)16-12)9-5-3-4-6-10(9)13/h3-6H,7-8,13H2,1-2H3. The van der Waals surface area contributed by atoms with E-state index in [0.29, 0.717) is 12.2 Å². The molecule has 1 aliphatic heterocycles. The Balaban J connectivity index is 2.33. The van der Waals surface area contributed by atoms with E-state index < -0.39 is 5.60 Å². The van der Waals surface area contributed by atoms with Crippen molar-refractivity contribution in [3.63, 3.8) is 0 Å². The maximum Gasteiger partial charge on any atom is 0.410 e. The summed E-state index contributed by atoms with van der Waals surface area (Å²) in [6.07, 6.45) is 0.459. The molecule has 2 rings (SSSR count). The van der Waals surface area contributed by atoms with Crippen LogP contribution in [0.5, 0.6) is 0 Å². The number of rotatable bonds is 1. The van der Waals surface area contributed by atoms with Gasteiger partial charge in [-0.25, -0.2) is 4.79 Å². The molecule has 0 bridgehead atoms. The van der Waals surface area contributed by atoms with E-state index >= 15 is 0 Å². The number of anilines is 1. The van der Waals surface area contributed by atoms with Gasteiger partial charge >= 0.3 is 6.09 Å². The van der Waals surface area contributed by atoms with Crippen LogP contribution in [0.1, 0.15) is 18.9 Å². The smallest absolute Gasteiger partial charge is 0.410 e. The van der Waals surface area contributed by atoms with Gasteiger partial charge in [-0.3, -0.25) is 0 Å². The van der Waals surface area contributed by atoms with Gasteiger partial charge in [0.2, 0.25) is 0 Å². The van der Waals surface area contributed by atoms with Gasteiger partial charge in [-0.2, -0.15) is 0 Å². The fourth-order valence-electron chi connectivity index (χ4n) is 1.96. The van der Waals surface area contributed by atoms with Crippen LogP contribution in [0.15, 0.2) is 24.3 Å². The summed E-state index contributed by atoms with van der Waals surface area (Å²) in [6, 6.07) is 7.52. The van der Waals surface area contributed by atoms with Crippen molar-refractivity contribution in [1.82, 2.24) is 4.90 Å². The minimum Gasteiger partial charge on any atom is -0.438 e. The number of nitrogens with zero attached hydrogens (tertiary/aromatic N) is 1. The van der Waals surface area contributed by atoms with Gasteiger partial charge in [-0.05, 0) is 13.0 Å². The summed E-state index contributed by atoms with van der Waals surface area (Å²) in [5, 5.41) is 0. The summed E-state index contributed by atoms with van der Waals surface area (Å²) in [7, 11) is 1.73. The van der Waals surface area contributed by atoms with E-state index in [9.17, 15) is 4.79 Å². The Kier molecular flexibility index (Phi) is 2.50. The first-order valence-electron chi connectivity index (χ1n) is 5.32. The lowest BCUT2D eigenvalue weighted by Gasteiger charge is -2.38. The number of hydrogen-bond acceptors (Lipinski definition) is 3. The average Bonchev–Trinajstić information content (AvgIpc) is 2.25. The van der Waals surface area contributed by atoms with Crippen LogP contribution in [0.2, 0.25) is 0 Å². The number of carbonyl (C=O) groups is 1. The van der Waals surface area contributed by atoms with E-state index in [2.05, 4.69) is 0 Å². The van der Waals surface area contributed by atoms with E-state index in [-0.39, 0.29) is 6.09 Å². The van der Waals surface area contributed by atoms with Crippen LogP contribution in [-0.4, -0.2) is 24.6 Å². The van der Waals surface area contributed by atoms with Crippen molar-refractivity contribution in [2.24, 2.45) is 0 Å². The molecular weight excluding hydrogens is 204 g/mol. The average molecular weight is 220 g/mol. The fraction of sp³-hybridized carbons (Fsp3) is 0.417. The number of amides is 1. The molecule has 0 saturated carbocycles. The molecule has 1 aliphatic rings. The number of nitrogens with two attached hydrogens (primary N) is 1. The van der Waals surface area contributed by atoms with Crippen molar-refractivity contribution in [3.05, 3.63) is 29.8 Å². The molecule has 0 spiro atoms. The van der Waals surface area contributed by atoms with Crippen LogP contribution >= 0.6 is 0 Å². The summed E-state index contributed by atoms with van der Waals surface area (Å²) < 4.78 is 5.46. The molecule has 86 valence electrons. The third kappa shape index (κ3) is 1.71. The maximum absolute atomic E-state index is 11.6. The van der Waals surface area contributed by atoms with Crippen molar-refractivity contribution >= 4 is 11.8 Å². The molecule has 0 aliphatic carbocycles. The molecule has 1 atom stereocenters. The Morgan fingerprint density at radius 3 is 2.75 bits per heavy atom. The highest BCUT2D eigenvalue weighted by molar-refractivity contribution is 5.69. The molecule has 0 aromatic heterocycles. The number of cyclic esters (lactones) is 1. The fourth-order valence-corrected chi connectivity index (χ4v) is 1.96. The molecular formula is C12H16N2O2. The van der Waals surface area contributed by atoms with Gasteiger partial charge in [0.15, 0.2) is 0 Å². The molecule has 1 unspecified atom stereocenters. The van der Waals surface area contributed by atoms with Crippen LogP contribution in [-0.2, 0) is 10.3 Å². The number of nitrogen functional groups attached to an aromatic ring is 1. The van der Waals surface area contributed by atoms with Crippen LogP contribution < -0.4 is 5.73 Å². The van der Waals surface area contributed by atoms with Crippen molar-refractivity contribution in [1.29, 1.82) is 0 Å². The zero-order valence-corrected chi connectivity index (χ0v) is 9.56. The van der Waals surface area contributed by atoms with Crippen LogP contribution in [0.4, 0.5) is 10.5 Å². The minimum atomic E-state index is -0.602. The predicted molar refractivity (Wildman–Crippen MR) is 61.9 cm³/mol. The summed E-state index contributed by atoms with van der Waals surface area (Å²) >= 11 is 0. The Hall–Kier alpha value is -1.71. The number of para-hydroxylation sites is 1. The highest BCUT2D eigenvalue weighted by Crippen LogP contribution is 2.36. The number of benzene rings is 1. The third-order valence-corrected chi connectivity index (χ3v) is 3.08. The first kappa shape index (κ1) is 10.8. The Morgan fingerprint density at radius 2 is 2.12 bits per heavy atom. The highest BCUT2D eigenvalue weighted by Gasteiger charge is 2.37. The van der Waals surface area contributed by atoms with Gasteiger partial charge in [0.25, 0.3) is 0 Å². The van der Waals surface area contributed by atoms with Crippen LogP contribution in [0.3, 0.4) is 0 Å². The topological polar surface area (TPSA) is 55.6 Å². The number of carbonyl (C=O) groups excluding carboxylic acids is 1. The van der Waals surface area contributed by atoms with Crippen molar-refractivity contribution in [2.45, 2.75) is 18.9 Å². The SMILES string of the molecule is CN1CCC(C)(c2ccccc2N)OC1=O. The van der Waals surface area contributed by atoms with Crippen molar-refractivity contribution in [2.75, 3.05) is 19.3 Å². The normalized spacial score (nSPS) is 25.4. The zero-order valence-electron chi connectivity index (χ0n) is 9.56. The lowest BCUT2D eigenvalue weighted by molar-refractivity contribution is -0.0346. The van der Waals surface area contributed by atoms with E-state index in [1.807, 2.05) is 31.2 Å². The summed E-state index contributed by atoms with van der Waals surface area (Å²) in [6.45, 7) is 2.59. The Bertz CT molecular complexity index is 419. The molecule has 1 aromatic carbocycles. The largest absolute Gasteiger partial charge is 0.438 e. The molecule has 1 fully saturated rings. The van der Waals surface area contributed by atoms with Gasteiger partial charge in [-0.15, -0.1) is 0 Å². The first-order chi connectivity index (χ1) is 7.53. The Morgan fingerprint density at radius 1 is 1.44 bits per heavy atom. The summed E-state index contributed by atoms with van der Waals surface area (Å²) in [5.74, 6) is 0. The quantitative estimate of drug-likeness (QED) is 0.736. The molecule has 1 amide bonds. The van der Waals surface area contributed by atoms with Gasteiger partial charge < -0.3 is 15.4 Å². The second kappa shape index (κ2) is 3.70. The zero-order chi connectivity index (χ0) is 11.8. The van der Waals surface area contributed by atoms with E-state index in [1.54, 1.807) is 11.9 Å². The molecule has 4 nitrogen and oxygen atoms in total. The molecule has 1 aromatic rings. The second-order valence-corrected chi connectivity index (χ2v) is 4.36. The number of hydrogen-bond donors (Lipinski definition) is 1. The lowest BCUT2D eigenvalue weighted by atomic mass is 9.90. The van der Waals surface area contributed by atoms with E-state index in [0.717, 1.165) is 12.0 Å². The molecule has 1 heterocycles.